The Morgan fingerprint density at radius 3 is 2.29 bits per heavy atom. The first kappa shape index (κ1) is 8.88. The number of rotatable bonds is 1. The second kappa shape index (κ2) is 3.58. The second-order valence-electron chi connectivity index (χ2n) is 3.41. The van der Waals surface area contributed by atoms with Gasteiger partial charge in [0.15, 0.2) is 0 Å². The molecular weight excluding hydrogens is 172 g/mol. The lowest BCUT2D eigenvalue weighted by Crippen LogP contribution is -1.86. The van der Waals surface area contributed by atoms with Crippen LogP contribution in [0.5, 0.6) is 0 Å². The summed E-state index contributed by atoms with van der Waals surface area (Å²) >= 11 is 0. The number of pyridine rings is 2. The van der Waals surface area contributed by atoms with Gasteiger partial charge in [-0.1, -0.05) is 6.07 Å². The minimum atomic E-state index is 0.975. The molecule has 0 N–H and O–H groups in total. The molecule has 0 fully saturated rings. The monoisotopic (exact) mass is 184 g/mol. The van der Waals surface area contributed by atoms with Gasteiger partial charge in [-0.15, -0.1) is 0 Å². The molecule has 2 heteroatoms. The summed E-state index contributed by atoms with van der Waals surface area (Å²) in [6, 6.07) is 8.11. The summed E-state index contributed by atoms with van der Waals surface area (Å²) in [5.74, 6) is 0. The van der Waals surface area contributed by atoms with Crippen molar-refractivity contribution in [3.8, 4) is 11.3 Å². The Morgan fingerprint density at radius 2 is 1.71 bits per heavy atom. The van der Waals surface area contributed by atoms with E-state index in [9.17, 15) is 0 Å². The molecule has 14 heavy (non-hydrogen) atoms. The summed E-state index contributed by atoms with van der Waals surface area (Å²) < 4.78 is 0. The van der Waals surface area contributed by atoms with E-state index < -0.39 is 0 Å². The van der Waals surface area contributed by atoms with Gasteiger partial charge in [0.05, 0.1) is 5.69 Å². The quantitative estimate of drug-likeness (QED) is 0.681. The van der Waals surface area contributed by atoms with E-state index in [2.05, 4.69) is 16.0 Å². The molecule has 0 aliphatic carbocycles. The van der Waals surface area contributed by atoms with Gasteiger partial charge in [0.1, 0.15) is 0 Å². The summed E-state index contributed by atoms with van der Waals surface area (Å²) in [7, 11) is 0. The highest BCUT2D eigenvalue weighted by Crippen LogP contribution is 2.15. The summed E-state index contributed by atoms with van der Waals surface area (Å²) in [5, 5.41) is 0. The van der Waals surface area contributed by atoms with Crippen molar-refractivity contribution in [1.82, 2.24) is 9.97 Å². The van der Waals surface area contributed by atoms with Gasteiger partial charge in [0.2, 0.25) is 0 Å². The van der Waals surface area contributed by atoms with E-state index in [4.69, 9.17) is 0 Å². The third-order valence-corrected chi connectivity index (χ3v) is 2.12. The minimum Gasteiger partial charge on any atom is -0.261 e. The average molecular weight is 184 g/mol. The lowest BCUT2D eigenvalue weighted by atomic mass is 10.1. The van der Waals surface area contributed by atoms with E-state index in [0.29, 0.717) is 0 Å². The van der Waals surface area contributed by atoms with Gasteiger partial charge in [-0.05, 0) is 37.6 Å². The maximum atomic E-state index is 4.34. The van der Waals surface area contributed by atoms with E-state index in [-0.39, 0.29) is 0 Å². The third-order valence-electron chi connectivity index (χ3n) is 2.12. The highest BCUT2D eigenvalue weighted by molar-refractivity contribution is 5.57. The van der Waals surface area contributed by atoms with Gasteiger partial charge in [-0.25, -0.2) is 0 Å². The highest BCUT2D eigenvalue weighted by atomic mass is 14.7. The lowest BCUT2D eigenvalue weighted by Gasteiger charge is -2.00. The number of aromatic nitrogens is 2. The summed E-state index contributed by atoms with van der Waals surface area (Å²) in [6.07, 6.45) is 3.72. The van der Waals surface area contributed by atoms with Crippen LogP contribution in [0.2, 0.25) is 0 Å². The van der Waals surface area contributed by atoms with Crippen molar-refractivity contribution in [2.75, 3.05) is 0 Å². The topological polar surface area (TPSA) is 25.8 Å². The van der Waals surface area contributed by atoms with Gasteiger partial charge < -0.3 is 0 Å². The van der Waals surface area contributed by atoms with E-state index in [1.807, 2.05) is 44.4 Å². The molecule has 2 heterocycles. The smallest absolute Gasteiger partial charge is 0.0717 e. The molecule has 0 aliphatic rings. The van der Waals surface area contributed by atoms with Crippen LogP contribution < -0.4 is 0 Å². The van der Waals surface area contributed by atoms with Gasteiger partial charge in [-0.2, -0.15) is 0 Å². The molecule has 0 spiro atoms. The summed E-state index contributed by atoms with van der Waals surface area (Å²) in [6.45, 7) is 4.01. The Balaban J connectivity index is 2.40. The van der Waals surface area contributed by atoms with Crippen molar-refractivity contribution in [3.05, 3.63) is 47.9 Å². The van der Waals surface area contributed by atoms with Crippen molar-refractivity contribution in [3.63, 3.8) is 0 Å². The fourth-order valence-corrected chi connectivity index (χ4v) is 1.26. The number of hydrogen-bond donors (Lipinski definition) is 0. The molecular formula is C12H12N2. The first-order chi connectivity index (χ1) is 6.75. The maximum Gasteiger partial charge on any atom is 0.0717 e. The number of aryl methyl sites for hydroxylation is 2. The Bertz CT molecular complexity index is 372. The molecule has 0 radical (unpaired) electrons. The first-order valence-corrected chi connectivity index (χ1v) is 4.61. The lowest BCUT2D eigenvalue weighted by molar-refractivity contribution is 1.19. The van der Waals surface area contributed by atoms with Crippen molar-refractivity contribution < 1.29 is 0 Å². The minimum absolute atomic E-state index is 0.975. The Kier molecular flexibility index (Phi) is 2.27. The molecule has 2 nitrogen and oxygen atoms in total. The molecule has 0 amide bonds. The Hall–Kier alpha value is -1.70. The van der Waals surface area contributed by atoms with E-state index in [1.54, 1.807) is 0 Å². The average Bonchev–Trinajstić information content (AvgIpc) is 2.21. The highest BCUT2D eigenvalue weighted by Gasteiger charge is 1.97. The summed E-state index contributed by atoms with van der Waals surface area (Å²) in [4.78, 5) is 8.58. The van der Waals surface area contributed by atoms with Crippen LogP contribution >= 0.6 is 0 Å². The predicted octanol–water partition coefficient (Wildman–Crippen LogP) is 2.76. The van der Waals surface area contributed by atoms with Crippen LogP contribution in [-0.4, -0.2) is 9.97 Å². The Morgan fingerprint density at radius 1 is 0.857 bits per heavy atom. The molecule has 0 bridgehead atoms. The SMILES string of the molecule is Cc1ccc(-c2ccc(C)nc2)nc1. The fraction of sp³-hybridized carbons (Fsp3) is 0.167. The standard InChI is InChI=1S/C12H12N2/c1-9-3-6-12(14-7-9)11-5-4-10(2)13-8-11/h3-8H,1-2H3. The third kappa shape index (κ3) is 1.79. The largest absolute Gasteiger partial charge is 0.261 e. The second-order valence-corrected chi connectivity index (χ2v) is 3.41. The molecule has 0 saturated carbocycles. The number of hydrogen-bond acceptors (Lipinski definition) is 2. The predicted molar refractivity (Wildman–Crippen MR) is 56.9 cm³/mol. The van der Waals surface area contributed by atoms with Crippen LogP contribution in [0.4, 0.5) is 0 Å². The molecule has 0 aromatic carbocycles. The Labute approximate surface area is 83.7 Å². The van der Waals surface area contributed by atoms with Gasteiger partial charge in [0, 0.05) is 23.7 Å². The van der Waals surface area contributed by atoms with Crippen molar-refractivity contribution in [2.24, 2.45) is 0 Å². The zero-order valence-electron chi connectivity index (χ0n) is 8.36. The van der Waals surface area contributed by atoms with E-state index in [0.717, 1.165) is 17.0 Å². The first-order valence-electron chi connectivity index (χ1n) is 4.61. The molecule has 0 saturated heterocycles. The van der Waals surface area contributed by atoms with Crippen molar-refractivity contribution >= 4 is 0 Å². The molecule has 0 aliphatic heterocycles. The van der Waals surface area contributed by atoms with Crippen LogP contribution in [0.15, 0.2) is 36.7 Å². The van der Waals surface area contributed by atoms with E-state index in [1.165, 1.54) is 5.56 Å². The zero-order valence-corrected chi connectivity index (χ0v) is 8.36. The number of nitrogens with zero attached hydrogens (tertiary/aromatic N) is 2. The van der Waals surface area contributed by atoms with Crippen molar-refractivity contribution in [1.29, 1.82) is 0 Å². The summed E-state index contributed by atoms with van der Waals surface area (Å²) in [5.41, 5.74) is 4.24. The zero-order chi connectivity index (χ0) is 9.97. The van der Waals surface area contributed by atoms with Crippen molar-refractivity contribution in [2.45, 2.75) is 13.8 Å². The van der Waals surface area contributed by atoms with Crippen LogP contribution in [0, 0.1) is 13.8 Å². The van der Waals surface area contributed by atoms with Gasteiger partial charge in [0.25, 0.3) is 0 Å². The van der Waals surface area contributed by atoms with Crippen LogP contribution in [0.25, 0.3) is 11.3 Å². The van der Waals surface area contributed by atoms with E-state index >= 15 is 0 Å². The van der Waals surface area contributed by atoms with Crippen LogP contribution in [-0.2, 0) is 0 Å². The molecule has 0 unspecified atom stereocenters. The molecule has 70 valence electrons. The molecule has 2 aromatic heterocycles. The van der Waals surface area contributed by atoms with Crippen LogP contribution in [0.3, 0.4) is 0 Å². The normalized spacial score (nSPS) is 10.1. The van der Waals surface area contributed by atoms with Gasteiger partial charge >= 0.3 is 0 Å². The molecule has 2 aromatic rings. The fourth-order valence-electron chi connectivity index (χ4n) is 1.26. The molecule has 0 atom stereocenters. The van der Waals surface area contributed by atoms with Crippen LogP contribution in [0.1, 0.15) is 11.3 Å². The maximum absolute atomic E-state index is 4.34. The van der Waals surface area contributed by atoms with Gasteiger partial charge in [-0.3, -0.25) is 9.97 Å². The molecule has 2 rings (SSSR count).